The van der Waals surface area contributed by atoms with Gasteiger partial charge in [0.05, 0.1) is 31.3 Å². The van der Waals surface area contributed by atoms with Crippen LogP contribution in [-0.2, 0) is 4.74 Å². The van der Waals surface area contributed by atoms with Crippen LogP contribution in [-0.4, -0.2) is 42.2 Å². The number of rotatable bonds is 5. The van der Waals surface area contributed by atoms with E-state index in [2.05, 4.69) is 34.1 Å². The highest BCUT2D eigenvalue weighted by Crippen LogP contribution is 2.28. The molecular weight excluding hydrogens is 458 g/mol. The number of para-hydroxylation sites is 1. The molecule has 35 heavy (non-hydrogen) atoms. The molecule has 0 N–H and O–H groups in total. The lowest BCUT2D eigenvalue weighted by molar-refractivity contribution is 0.122. The summed E-state index contributed by atoms with van der Waals surface area (Å²) in [7, 11) is 0. The van der Waals surface area contributed by atoms with Gasteiger partial charge in [0.15, 0.2) is 5.76 Å². The Balaban J connectivity index is 1.37. The Morgan fingerprint density at radius 1 is 0.971 bits per heavy atom. The number of hydrogen-bond donors (Lipinski definition) is 0. The van der Waals surface area contributed by atoms with Crippen LogP contribution in [0.1, 0.15) is 5.56 Å². The molecular formula is C27H23N5O2S. The van der Waals surface area contributed by atoms with E-state index in [9.17, 15) is 0 Å². The highest BCUT2D eigenvalue weighted by atomic mass is 32.1. The van der Waals surface area contributed by atoms with Crippen molar-refractivity contribution in [3.63, 3.8) is 0 Å². The first-order valence-electron chi connectivity index (χ1n) is 11.4. The molecule has 7 nitrogen and oxygen atoms in total. The first-order valence-corrected chi connectivity index (χ1v) is 12.3. The lowest BCUT2D eigenvalue weighted by atomic mass is 10.2. The summed E-state index contributed by atoms with van der Waals surface area (Å²) >= 11 is 1.51. The Hall–Kier alpha value is -4.01. The van der Waals surface area contributed by atoms with E-state index in [1.165, 1.54) is 17.0 Å². The van der Waals surface area contributed by atoms with Crippen molar-refractivity contribution in [2.45, 2.75) is 0 Å². The molecule has 1 aliphatic heterocycles. The molecule has 0 bridgehead atoms. The Labute approximate surface area is 206 Å². The summed E-state index contributed by atoms with van der Waals surface area (Å²) in [5, 5.41) is 7.88. The van der Waals surface area contributed by atoms with Crippen LogP contribution in [0.5, 0.6) is 0 Å². The van der Waals surface area contributed by atoms with E-state index < -0.39 is 0 Å². The van der Waals surface area contributed by atoms with E-state index in [-0.39, 0.29) is 0 Å². The minimum atomic E-state index is 0.731. The fourth-order valence-corrected chi connectivity index (χ4v) is 4.85. The fraction of sp³-hybridized carbons (Fsp3) is 0.148. The molecule has 1 fully saturated rings. The average Bonchev–Trinajstić information content (AvgIpc) is 3.53. The SMILES string of the molecule is C(=Nn1c(-c2cc3ccccc3o2)csc1=Nc1cccnc1)c1ccc(N2CCOCC2)cc1. The third-order valence-corrected chi connectivity index (χ3v) is 6.64. The van der Waals surface area contributed by atoms with Crippen molar-refractivity contribution in [3.05, 3.63) is 94.9 Å². The summed E-state index contributed by atoms with van der Waals surface area (Å²) in [5.41, 5.74) is 4.65. The summed E-state index contributed by atoms with van der Waals surface area (Å²) in [6.45, 7) is 3.37. The third kappa shape index (κ3) is 4.66. The van der Waals surface area contributed by atoms with Crippen molar-refractivity contribution < 1.29 is 9.15 Å². The van der Waals surface area contributed by atoms with Gasteiger partial charge in [-0.1, -0.05) is 30.3 Å². The summed E-state index contributed by atoms with van der Waals surface area (Å²) < 4.78 is 13.4. The molecule has 8 heteroatoms. The lowest BCUT2D eigenvalue weighted by Gasteiger charge is -2.28. The zero-order valence-corrected chi connectivity index (χ0v) is 19.8. The van der Waals surface area contributed by atoms with E-state index in [1.54, 1.807) is 12.4 Å². The van der Waals surface area contributed by atoms with Gasteiger partial charge >= 0.3 is 0 Å². The van der Waals surface area contributed by atoms with Gasteiger partial charge in [-0.2, -0.15) is 5.10 Å². The number of nitrogens with zero attached hydrogens (tertiary/aromatic N) is 5. The van der Waals surface area contributed by atoms with Gasteiger partial charge in [0.2, 0.25) is 4.80 Å². The highest BCUT2D eigenvalue weighted by Gasteiger charge is 2.13. The zero-order chi connectivity index (χ0) is 23.5. The highest BCUT2D eigenvalue weighted by molar-refractivity contribution is 7.07. The van der Waals surface area contributed by atoms with Gasteiger partial charge in [0, 0.05) is 35.7 Å². The van der Waals surface area contributed by atoms with E-state index in [4.69, 9.17) is 19.2 Å². The minimum absolute atomic E-state index is 0.731. The second kappa shape index (κ2) is 9.69. The molecule has 6 rings (SSSR count). The lowest BCUT2D eigenvalue weighted by Crippen LogP contribution is -2.36. The summed E-state index contributed by atoms with van der Waals surface area (Å²) in [6, 6.07) is 22.2. The fourth-order valence-electron chi connectivity index (χ4n) is 4.01. The maximum atomic E-state index is 6.14. The Bertz CT molecular complexity index is 1490. The summed E-state index contributed by atoms with van der Waals surface area (Å²) in [5.74, 6) is 0.745. The van der Waals surface area contributed by atoms with Crippen LogP contribution in [0.4, 0.5) is 11.4 Å². The number of benzene rings is 2. The zero-order valence-electron chi connectivity index (χ0n) is 18.9. The van der Waals surface area contributed by atoms with Crippen molar-refractivity contribution in [2.24, 2.45) is 10.1 Å². The largest absolute Gasteiger partial charge is 0.454 e. The number of anilines is 1. The monoisotopic (exact) mass is 481 g/mol. The minimum Gasteiger partial charge on any atom is -0.454 e. The predicted molar refractivity (Wildman–Crippen MR) is 139 cm³/mol. The van der Waals surface area contributed by atoms with Gasteiger partial charge in [-0.15, -0.1) is 11.3 Å². The van der Waals surface area contributed by atoms with Gasteiger partial charge < -0.3 is 14.1 Å². The number of pyridine rings is 1. The van der Waals surface area contributed by atoms with Gasteiger partial charge in [0.25, 0.3) is 0 Å². The van der Waals surface area contributed by atoms with Crippen LogP contribution in [0.3, 0.4) is 0 Å². The first-order chi connectivity index (χ1) is 17.3. The summed E-state index contributed by atoms with van der Waals surface area (Å²) in [6.07, 6.45) is 5.32. The second-order valence-corrected chi connectivity index (χ2v) is 8.96. The Morgan fingerprint density at radius 3 is 2.63 bits per heavy atom. The van der Waals surface area contributed by atoms with Crippen LogP contribution in [0.15, 0.2) is 99.0 Å². The number of thiazole rings is 1. The molecule has 0 amide bonds. The van der Waals surface area contributed by atoms with Gasteiger partial charge in [0.1, 0.15) is 11.3 Å². The Kier molecular flexibility index (Phi) is 5.96. The first kappa shape index (κ1) is 21.5. The summed E-state index contributed by atoms with van der Waals surface area (Å²) in [4.78, 5) is 12.0. The van der Waals surface area contributed by atoms with E-state index in [1.807, 2.05) is 58.7 Å². The number of hydrogen-bond acceptors (Lipinski definition) is 7. The molecule has 0 saturated carbocycles. The molecule has 0 unspecified atom stereocenters. The molecule has 5 aromatic rings. The third-order valence-electron chi connectivity index (χ3n) is 5.83. The van der Waals surface area contributed by atoms with E-state index >= 15 is 0 Å². The van der Waals surface area contributed by atoms with Crippen LogP contribution in [0, 0.1) is 0 Å². The molecule has 4 heterocycles. The average molecular weight is 482 g/mol. The number of aromatic nitrogens is 2. The molecule has 1 aliphatic rings. The van der Waals surface area contributed by atoms with Gasteiger partial charge in [-0.05, 0) is 42.0 Å². The quantitative estimate of drug-likeness (QED) is 0.319. The van der Waals surface area contributed by atoms with Crippen LogP contribution < -0.4 is 9.70 Å². The number of ether oxygens (including phenoxy) is 1. The van der Waals surface area contributed by atoms with Crippen LogP contribution in [0.25, 0.3) is 22.4 Å². The molecule has 174 valence electrons. The second-order valence-electron chi connectivity index (χ2n) is 8.12. The normalized spacial score (nSPS) is 14.9. The van der Waals surface area contributed by atoms with Crippen molar-refractivity contribution in [2.75, 3.05) is 31.2 Å². The molecule has 0 spiro atoms. The van der Waals surface area contributed by atoms with Gasteiger partial charge in [-0.25, -0.2) is 9.67 Å². The molecule has 2 aromatic carbocycles. The van der Waals surface area contributed by atoms with Crippen LogP contribution >= 0.6 is 11.3 Å². The van der Waals surface area contributed by atoms with Crippen molar-refractivity contribution in [1.29, 1.82) is 0 Å². The molecule has 3 aromatic heterocycles. The number of fused-ring (bicyclic) bond motifs is 1. The van der Waals surface area contributed by atoms with Crippen molar-refractivity contribution >= 4 is 39.9 Å². The standard InChI is InChI=1S/C27H23N5O2S/c1-2-6-25-21(4-1)16-26(34-25)24-19-35-27(30-22-5-3-11-28-18-22)32(24)29-17-20-7-9-23(10-8-20)31-12-14-33-15-13-31/h1-11,16-19H,12-15H2. The molecule has 1 saturated heterocycles. The topological polar surface area (TPSA) is 68.2 Å². The van der Waals surface area contributed by atoms with Crippen molar-refractivity contribution in [1.82, 2.24) is 9.66 Å². The predicted octanol–water partition coefficient (Wildman–Crippen LogP) is 5.31. The maximum absolute atomic E-state index is 6.14. The maximum Gasteiger partial charge on any atom is 0.211 e. The molecule has 0 aliphatic carbocycles. The smallest absolute Gasteiger partial charge is 0.211 e. The number of morpholine rings is 1. The number of furan rings is 1. The van der Waals surface area contributed by atoms with Crippen LogP contribution in [0.2, 0.25) is 0 Å². The molecule has 0 atom stereocenters. The van der Waals surface area contributed by atoms with Gasteiger partial charge in [-0.3, -0.25) is 4.98 Å². The van der Waals surface area contributed by atoms with Crippen molar-refractivity contribution in [3.8, 4) is 11.5 Å². The van der Waals surface area contributed by atoms with E-state index in [0.29, 0.717) is 0 Å². The molecule has 0 radical (unpaired) electrons. The Morgan fingerprint density at radius 2 is 1.83 bits per heavy atom. The van der Waals surface area contributed by atoms with E-state index in [0.717, 1.165) is 64.8 Å².